The largest absolute Gasteiger partial charge is 0.492 e. The molecule has 1 aromatic rings. The summed E-state index contributed by atoms with van der Waals surface area (Å²) in [5.41, 5.74) is 0.213. The van der Waals surface area contributed by atoms with Crippen LogP contribution in [0.3, 0.4) is 0 Å². The Balaban J connectivity index is 2.24. The lowest BCUT2D eigenvalue weighted by atomic mass is 9.77. The number of amides is 1. The maximum Gasteiger partial charge on any atom is 0.492 e. The summed E-state index contributed by atoms with van der Waals surface area (Å²) in [5.74, 6) is 0. The second kappa shape index (κ2) is 8.05. The van der Waals surface area contributed by atoms with Gasteiger partial charge in [-0.3, -0.25) is 9.78 Å². The molecule has 1 aromatic heterocycles. The third-order valence-electron chi connectivity index (χ3n) is 4.67. The molecule has 0 radical (unpaired) electrons. The van der Waals surface area contributed by atoms with Crippen LogP contribution in [-0.2, 0) is 14.0 Å². The second-order valence-electron chi connectivity index (χ2n) is 8.80. The van der Waals surface area contributed by atoms with Crippen molar-refractivity contribution in [3.63, 3.8) is 0 Å². The van der Waals surface area contributed by atoms with Crippen molar-refractivity contribution in [2.75, 3.05) is 6.54 Å². The normalized spacial score (nSPS) is 18.7. The van der Waals surface area contributed by atoms with Crippen molar-refractivity contribution in [3.8, 4) is 0 Å². The third kappa shape index (κ3) is 5.66. The maximum absolute atomic E-state index is 12.1. The van der Waals surface area contributed by atoms with E-state index in [1.807, 2.05) is 33.8 Å². The van der Waals surface area contributed by atoms with E-state index in [4.69, 9.17) is 14.0 Å². The van der Waals surface area contributed by atoms with E-state index in [9.17, 15) is 9.59 Å². The molecule has 1 saturated heterocycles. The highest BCUT2D eigenvalue weighted by Gasteiger charge is 2.52. The summed E-state index contributed by atoms with van der Waals surface area (Å²) in [6.07, 6.45) is 3.58. The van der Waals surface area contributed by atoms with Crippen molar-refractivity contribution in [2.24, 2.45) is 0 Å². The van der Waals surface area contributed by atoms with Gasteiger partial charge >= 0.3 is 13.2 Å². The summed E-state index contributed by atoms with van der Waals surface area (Å²) < 4.78 is 17.5. The zero-order valence-electron chi connectivity index (χ0n) is 17.7. The molecule has 1 amide bonds. The Hall–Kier alpha value is -2.19. The summed E-state index contributed by atoms with van der Waals surface area (Å²) in [7, 11) is -0.634. The summed E-state index contributed by atoms with van der Waals surface area (Å²) in [6, 6.07) is 3.40. The number of aldehydes is 1. The fraction of sp³-hybridized carbons (Fsp3) is 0.550. The topological polar surface area (TPSA) is 86.8 Å². The van der Waals surface area contributed by atoms with Crippen molar-refractivity contribution in [3.05, 3.63) is 35.1 Å². The summed E-state index contributed by atoms with van der Waals surface area (Å²) in [6.45, 7) is 13.5. The Morgan fingerprint density at radius 2 is 1.82 bits per heavy atom. The van der Waals surface area contributed by atoms with Crippen LogP contribution in [0.25, 0.3) is 6.08 Å². The maximum atomic E-state index is 12.1. The smallest absolute Gasteiger partial charge is 0.444 e. The number of alkyl carbamates (subject to hydrolysis) is 1. The van der Waals surface area contributed by atoms with Crippen LogP contribution in [0.4, 0.5) is 4.79 Å². The Labute approximate surface area is 167 Å². The van der Waals surface area contributed by atoms with E-state index in [2.05, 4.69) is 10.3 Å². The van der Waals surface area contributed by atoms with Gasteiger partial charge in [-0.2, -0.15) is 0 Å². The van der Waals surface area contributed by atoms with Crippen molar-refractivity contribution >= 4 is 25.6 Å². The highest BCUT2D eigenvalue weighted by Crippen LogP contribution is 2.38. The summed E-state index contributed by atoms with van der Waals surface area (Å²) in [5, 5.41) is 2.75. The molecule has 28 heavy (non-hydrogen) atoms. The minimum Gasteiger partial charge on any atom is -0.444 e. The van der Waals surface area contributed by atoms with Crippen LogP contribution in [-0.4, -0.2) is 47.8 Å². The predicted octanol–water partition coefficient (Wildman–Crippen LogP) is 3.43. The van der Waals surface area contributed by atoms with Crippen LogP contribution in [0.1, 0.15) is 64.5 Å². The number of carbonyl (C=O) groups is 2. The van der Waals surface area contributed by atoms with Gasteiger partial charge in [0.2, 0.25) is 0 Å². The Morgan fingerprint density at radius 1 is 1.21 bits per heavy atom. The molecule has 2 rings (SSSR count). The van der Waals surface area contributed by atoms with Crippen molar-refractivity contribution < 1.29 is 23.6 Å². The van der Waals surface area contributed by atoms with Crippen LogP contribution < -0.4 is 5.32 Å². The lowest BCUT2D eigenvalue weighted by Crippen LogP contribution is -2.41. The van der Waals surface area contributed by atoms with Gasteiger partial charge in [0.25, 0.3) is 0 Å². The molecule has 0 spiro atoms. The van der Waals surface area contributed by atoms with E-state index in [1.54, 1.807) is 39.1 Å². The Bertz CT molecular complexity index is 735. The van der Waals surface area contributed by atoms with E-state index in [1.165, 1.54) is 0 Å². The molecule has 1 aliphatic rings. The molecule has 152 valence electrons. The minimum atomic E-state index is -0.634. The number of rotatable bonds is 5. The van der Waals surface area contributed by atoms with Crippen molar-refractivity contribution in [1.82, 2.24) is 10.3 Å². The number of hydrogen-bond donors (Lipinski definition) is 1. The number of nitrogens with one attached hydrogen (secondary N) is 1. The molecule has 0 atom stereocenters. The SMILES string of the molecule is CC(C)(C)OC(=O)NCC(=Cc1ccc(C=O)nc1)B1OC(C)(C)C(C)(C)O1. The number of carbonyl (C=O) groups excluding carboxylic acids is 2. The minimum absolute atomic E-state index is 0.182. The van der Waals surface area contributed by atoms with E-state index in [-0.39, 0.29) is 6.54 Å². The fourth-order valence-corrected chi connectivity index (χ4v) is 2.47. The number of ether oxygens (including phenoxy) is 1. The van der Waals surface area contributed by atoms with Crippen molar-refractivity contribution in [2.45, 2.75) is 65.3 Å². The van der Waals surface area contributed by atoms with Gasteiger partial charge in [-0.05, 0) is 65.6 Å². The molecular formula is C20H29BN2O5. The average molecular weight is 388 g/mol. The molecule has 2 heterocycles. The molecule has 1 aliphatic heterocycles. The fourth-order valence-electron chi connectivity index (χ4n) is 2.47. The molecule has 8 heteroatoms. The first-order valence-corrected chi connectivity index (χ1v) is 9.27. The molecule has 1 fully saturated rings. The zero-order chi connectivity index (χ0) is 21.2. The lowest BCUT2D eigenvalue weighted by Gasteiger charge is -2.32. The van der Waals surface area contributed by atoms with Gasteiger partial charge in [0.15, 0.2) is 6.29 Å². The molecule has 0 aliphatic carbocycles. The van der Waals surface area contributed by atoms with Gasteiger partial charge in [-0.15, -0.1) is 0 Å². The van der Waals surface area contributed by atoms with Gasteiger partial charge in [0.05, 0.1) is 11.2 Å². The van der Waals surface area contributed by atoms with E-state index >= 15 is 0 Å². The van der Waals surface area contributed by atoms with Crippen LogP contribution in [0, 0.1) is 0 Å². The van der Waals surface area contributed by atoms with Gasteiger partial charge in [0.1, 0.15) is 11.3 Å². The van der Waals surface area contributed by atoms with Gasteiger partial charge in [-0.25, -0.2) is 4.79 Å². The van der Waals surface area contributed by atoms with E-state index in [0.717, 1.165) is 5.56 Å². The Kier molecular flexibility index (Phi) is 6.36. The highest BCUT2D eigenvalue weighted by atomic mass is 16.7. The number of nitrogens with zero attached hydrogens (tertiary/aromatic N) is 1. The van der Waals surface area contributed by atoms with Gasteiger partial charge in [0, 0.05) is 12.7 Å². The Morgan fingerprint density at radius 3 is 2.29 bits per heavy atom. The van der Waals surface area contributed by atoms with Crippen LogP contribution in [0.2, 0.25) is 0 Å². The number of hydrogen-bond acceptors (Lipinski definition) is 6. The predicted molar refractivity (Wildman–Crippen MR) is 108 cm³/mol. The quantitative estimate of drug-likeness (QED) is 0.614. The van der Waals surface area contributed by atoms with Crippen LogP contribution >= 0.6 is 0 Å². The standard InChI is InChI=1S/C20H29BN2O5/c1-18(2,3)26-17(25)23-12-15(10-14-8-9-16(13-24)22-11-14)21-27-19(4,5)20(6,7)28-21/h8-11,13H,12H2,1-7H3,(H,23,25). The second-order valence-corrected chi connectivity index (χ2v) is 8.80. The average Bonchev–Trinajstić information content (AvgIpc) is 2.78. The third-order valence-corrected chi connectivity index (χ3v) is 4.67. The molecule has 1 N–H and O–H groups in total. The number of aromatic nitrogens is 1. The molecule has 0 unspecified atom stereocenters. The first-order valence-electron chi connectivity index (χ1n) is 9.27. The monoisotopic (exact) mass is 388 g/mol. The zero-order valence-corrected chi connectivity index (χ0v) is 17.7. The van der Waals surface area contributed by atoms with E-state index < -0.39 is 30.0 Å². The highest BCUT2D eigenvalue weighted by molar-refractivity contribution is 6.56. The molecule has 7 nitrogen and oxygen atoms in total. The van der Waals surface area contributed by atoms with Gasteiger partial charge < -0.3 is 19.4 Å². The first-order chi connectivity index (χ1) is 12.8. The molecule has 0 saturated carbocycles. The molecule has 0 aromatic carbocycles. The summed E-state index contributed by atoms with van der Waals surface area (Å²) >= 11 is 0. The molecule has 0 bridgehead atoms. The van der Waals surface area contributed by atoms with Crippen LogP contribution in [0.5, 0.6) is 0 Å². The van der Waals surface area contributed by atoms with Crippen molar-refractivity contribution in [1.29, 1.82) is 0 Å². The van der Waals surface area contributed by atoms with Crippen LogP contribution in [0.15, 0.2) is 23.8 Å². The lowest BCUT2D eigenvalue weighted by molar-refractivity contribution is 0.00578. The molecular weight excluding hydrogens is 359 g/mol. The summed E-state index contributed by atoms with van der Waals surface area (Å²) in [4.78, 5) is 27.0. The first kappa shape index (κ1) is 22.1. The van der Waals surface area contributed by atoms with E-state index in [0.29, 0.717) is 17.5 Å². The number of pyridine rings is 1. The van der Waals surface area contributed by atoms with Gasteiger partial charge in [-0.1, -0.05) is 12.1 Å².